The van der Waals surface area contributed by atoms with Gasteiger partial charge in [0.2, 0.25) is 0 Å². The maximum Gasteiger partial charge on any atom is 0.146 e. The fraction of sp³-hybridized carbons (Fsp3) is 0.625. The Labute approximate surface area is 115 Å². The molecule has 1 aliphatic carbocycles. The van der Waals surface area contributed by atoms with Gasteiger partial charge in [-0.2, -0.15) is 0 Å². The molecule has 1 fully saturated rings. The van der Waals surface area contributed by atoms with Crippen LogP contribution in [0.3, 0.4) is 0 Å². The Hall–Kier alpha value is -1.09. The van der Waals surface area contributed by atoms with E-state index >= 15 is 0 Å². The second-order valence-electron chi connectivity index (χ2n) is 6.15. The van der Waals surface area contributed by atoms with E-state index in [2.05, 4.69) is 6.92 Å². The van der Waals surface area contributed by atoms with Gasteiger partial charge in [0.05, 0.1) is 12.3 Å². The predicted molar refractivity (Wildman–Crippen MR) is 76.8 cm³/mol. The average molecular weight is 265 g/mol. The smallest absolute Gasteiger partial charge is 0.146 e. The van der Waals surface area contributed by atoms with E-state index < -0.39 is 0 Å². The second kappa shape index (κ2) is 5.91. The number of rotatable bonds is 4. The fourth-order valence-corrected chi connectivity index (χ4v) is 3.09. The van der Waals surface area contributed by atoms with Crippen LogP contribution in [-0.2, 0) is 0 Å². The fourth-order valence-electron chi connectivity index (χ4n) is 3.09. The van der Waals surface area contributed by atoms with Crippen LogP contribution in [0.1, 0.15) is 32.6 Å². The monoisotopic (exact) mass is 265 g/mol. The Kier molecular flexibility index (Phi) is 4.46. The number of para-hydroxylation sites is 1. The molecule has 0 heterocycles. The van der Waals surface area contributed by atoms with Crippen LogP contribution in [0.25, 0.3) is 0 Å². The third-order valence-electron chi connectivity index (χ3n) is 4.51. The van der Waals surface area contributed by atoms with Crippen LogP contribution < -0.4 is 4.90 Å². The van der Waals surface area contributed by atoms with E-state index in [9.17, 15) is 9.50 Å². The van der Waals surface area contributed by atoms with Crippen LogP contribution in [0.5, 0.6) is 0 Å². The third-order valence-corrected chi connectivity index (χ3v) is 4.51. The van der Waals surface area contributed by atoms with Crippen molar-refractivity contribution < 1.29 is 9.50 Å². The van der Waals surface area contributed by atoms with Crippen molar-refractivity contribution >= 4 is 5.69 Å². The Morgan fingerprint density at radius 2 is 1.95 bits per heavy atom. The molecule has 3 heteroatoms. The van der Waals surface area contributed by atoms with Gasteiger partial charge in [-0.25, -0.2) is 4.39 Å². The van der Waals surface area contributed by atoms with Gasteiger partial charge in [-0.15, -0.1) is 0 Å². The van der Waals surface area contributed by atoms with Gasteiger partial charge in [0.1, 0.15) is 5.82 Å². The van der Waals surface area contributed by atoms with E-state index in [-0.39, 0.29) is 17.8 Å². The van der Waals surface area contributed by atoms with Gasteiger partial charge < -0.3 is 10.0 Å². The molecule has 0 radical (unpaired) electrons. The van der Waals surface area contributed by atoms with Crippen molar-refractivity contribution in [2.75, 3.05) is 25.1 Å². The highest BCUT2D eigenvalue weighted by molar-refractivity contribution is 5.47. The number of halogens is 1. The molecule has 0 amide bonds. The molecular weight excluding hydrogens is 241 g/mol. The lowest BCUT2D eigenvalue weighted by molar-refractivity contribution is 0.0739. The van der Waals surface area contributed by atoms with Crippen molar-refractivity contribution in [1.82, 2.24) is 0 Å². The maximum atomic E-state index is 13.8. The summed E-state index contributed by atoms with van der Waals surface area (Å²) in [5.74, 6) is 0.556. The van der Waals surface area contributed by atoms with Gasteiger partial charge in [0, 0.05) is 19.0 Å². The van der Waals surface area contributed by atoms with Crippen molar-refractivity contribution in [3.8, 4) is 0 Å². The normalized spacial score (nSPS) is 27.3. The summed E-state index contributed by atoms with van der Waals surface area (Å²) in [5.41, 5.74) is 0.553. The third kappa shape index (κ3) is 3.27. The van der Waals surface area contributed by atoms with Gasteiger partial charge in [0.25, 0.3) is 0 Å². The lowest BCUT2D eigenvalue weighted by atomic mass is 9.71. The molecule has 0 bridgehead atoms. The largest absolute Gasteiger partial charge is 0.396 e. The molecule has 19 heavy (non-hydrogen) atoms. The molecule has 0 saturated heterocycles. The van der Waals surface area contributed by atoms with Crippen LogP contribution in [0, 0.1) is 17.2 Å². The van der Waals surface area contributed by atoms with Crippen molar-refractivity contribution in [3.05, 3.63) is 30.1 Å². The van der Waals surface area contributed by atoms with E-state index in [0.29, 0.717) is 5.69 Å². The Morgan fingerprint density at radius 1 is 1.32 bits per heavy atom. The molecule has 0 unspecified atom stereocenters. The van der Waals surface area contributed by atoms with Crippen LogP contribution in [0.2, 0.25) is 0 Å². The summed E-state index contributed by atoms with van der Waals surface area (Å²) in [4.78, 5) is 1.95. The number of benzene rings is 1. The zero-order valence-electron chi connectivity index (χ0n) is 11.9. The Morgan fingerprint density at radius 3 is 2.53 bits per heavy atom. The van der Waals surface area contributed by atoms with Crippen molar-refractivity contribution in [3.63, 3.8) is 0 Å². The van der Waals surface area contributed by atoms with E-state index in [1.807, 2.05) is 18.0 Å². The average Bonchev–Trinajstić information content (AvgIpc) is 2.42. The van der Waals surface area contributed by atoms with Gasteiger partial charge in [-0.3, -0.25) is 0 Å². The van der Waals surface area contributed by atoms with E-state index in [4.69, 9.17) is 0 Å². The second-order valence-corrected chi connectivity index (χ2v) is 6.15. The molecule has 0 aromatic heterocycles. The number of hydrogen-bond donors (Lipinski definition) is 1. The van der Waals surface area contributed by atoms with Crippen molar-refractivity contribution in [2.45, 2.75) is 32.6 Å². The standard InChI is InChI=1S/C16H24FNO/c1-13-7-9-16(12-19,10-8-13)11-18(2)15-6-4-3-5-14(15)17/h3-6,13,19H,7-12H2,1-2H3. The van der Waals surface area contributed by atoms with Gasteiger partial charge in [-0.1, -0.05) is 31.9 Å². The topological polar surface area (TPSA) is 23.5 Å². The lowest BCUT2D eigenvalue weighted by Crippen LogP contribution is -2.41. The number of anilines is 1. The molecule has 1 aromatic rings. The molecule has 1 aliphatic rings. The number of aliphatic hydroxyl groups excluding tert-OH is 1. The molecule has 106 valence electrons. The first-order valence-electron chi connectivity index (χ1n) is 7.13. The SMILES string of the molecule is CC1CCC(CO)(CN(C)c2ccccc2F)CC1. The minimum absolute atomic E-state index is 0.0659. The van der Waals surface area contributed by atoms with Gasteiger partial charge in [0.15, 0.2) is 0 Å². The zero-order valence-corrected chi connectivity index (χ0v) is 11.9. The first kappa shape index (κ1) is 14.3. The summed E-state index contributed by atoms with van der Waals surface area (Å²) in [7, 11) is 1.91. The Balaban J connectivity index is 2.08. The number of nitrogens with zero attached hydrogens (tertiary/aromatic N) is 1. The number of aliphatic hydroxyl groups is 1. The zero-order chi connectivity index (χ0) is 13.9. The van der Waals surface area contributed by atoms with Crippen molar-refractivity contribution in [1.29, 1.82) is 0 Å². The van der Waals surface area contributed by atoms with Crippen LogP contribution >= 0.6 is 0 Å². The van der Waals surface area contributed by atoms with Crippen LogP contribution in [0.4, 0.5) is 10.1 Å². The summed E-state index contributed by atoms with van der Waals surface area (Å²) < 4.78 is 13.8. The summed E-state index contributed by atoms with van der Waals surface area (Å²) in [5, 5.41) is 9.77. The molecular formula is C16H24FNO. The van der Waals surface area contributed by atoms with Crippen LogP contribution in [-0.4, -0.2) is 25.3 Å². The first-order chi connectivity index (χ1) is 9.06. The van der Waals surface area contributed by atoms with Crippen LogP contribution in [0.15, 0.2) is 24.3 Å². The minimum Gasteiger partial charge on any atom is -0.396 e. The molecule has 0 aliphatic heterocycles. The highest BCUT2D eigenvalue weighted by Crippen LogP contribution is 2.39. The Bertz CT molecular complexity index is 413. The first-order valence-corrected chi connectivity index (χ1v) is 7.13. The van der Waals surface area contributed by atoms with Crippen molar-refractivity contribution in [2.24, 2.45) is 11.3 Å². The molecule has 0 spiro atoms. The molecule has 2 nitrogen and oxygen atoms in total. The van der Waals surface area contributed by atoms with Gasteiger partial charge >= 0.3 is 0 Å². The van der Waals surface area contributed by atoms with E-state index in [0.717, 1.165) is 38.1 Å². The molecule has 2 rings (SSSR count). The number of hydrogen-bond acceptors (Lipinski definition) is 2. The molecule has 0 atom stereocenters. The van der Waals surface area contributed by atoms with E-state index in [1.165, 1.54) is 6.07 Å². The quantitative estimate of drug-likeness (QED) is 0.901. The summed E-state index contributed by atoms with van der Waals surface area (Å²) >= 11 is 0. The maximum absolute atomic E-state index is 13.8. The van der Waals surface area contributed by atoms with Gasteiger partial charge in [-0.05, 0) is 30.9 Å². The summed E-state index contributed by atoms with van der Waals surface area (Å²) in [6.07, 6.45) is 4.38. The highest BCUT2D eigenvalue weighted by atomic mass is 19.1. The summed E-state index contributed by atoms with van der Waals surface area (Å²) in [6.45, 7) is 3.18. The molecule has 1 aromatic carbocycles. The lowest BCUT2D eigenvalue weighted by Gasteiger charge is -2.41. The molecule has 1 N–H and O–H groups in total. The predicted octanol–water partition coefficient (Wildman–Crippen LogP) is 3.45. The molecule has 1 saturated carbocycles. The van der Waals surface area contributed by atoms with E-state index in [1.54, 1.807) is 12.1 Å². The summed E-state index contributed by atoms with van der Waals surface area (Å²) in [6, 6.07) is 6.84. The minimum atomic E-state index is -0.192. The highest BCUT2D eigenvalue weighted by Gasteiger charge is 2.35.